The summed E-state index contributed by atoms with van der Waals surface area (Å²) in [6.45, 7) is 14.8. The van der Waals surface area contributed by atoms with E-state index in [0.29, 0.717) is 91.4 Å². The van der Waals surface area contributed by atoms with E-state index < -0.39 is 29.3 Å². The van der Waals surface area contributed by atoms with E-state index in [1.165, 1.54) is 68.9 Å². The Labute approximate surface area is 466 Å². The lowest BCUT2D eigenvalue weighted by molar-refractivity contribution is -0.159. The van der Waals surface area contributed by atoms with Crippen LogP contribution in [-0.4, -0.2) is 132 Å². The van der Waals surface area contributed by atoms with Crippen LogP contribution in [0, 0.1) is 0 Å². The molecular formula is C61H98N4O13. The van der Waals surface area contributed by atoms with E-state index in [2.05, 4.69) is 45.5 Å². The van der Waals surface area contributed by atoms with Gasteiger partial charge in [-0.1, -0.05) is 126 Å². The van der Waals surface area contributed by atoms with Gasteiger partial charge < -0.3 is 54.4 Å². The summed E-state index contributed by atoms with van der Waals surface area (Å²) >= 11 is 0. The van der Waals surface area contributed by atoms with Crippen LogP contribution < -0.4 is 21.3 Å². The Balaban J connectivity index is 1.07. The molecule has 0 saturated heterocycles. The zero-order valence-corrected chi connectivity index (χ0v) is 48.4. The monoisotopic (exact) mass is 1090 g/mol. The third-order valence-electron chi connectivity index (χ3n) is 12.8. The average Bonchev–Trinajstić information content (AvgIpc) is 3.82. The second kappa shape index (κ2) is 40.1. The van der Waals surface area contributed by atoms with Crippen LogP contribution in [0.2, 0.25) is 0 Å². The zero-order chi connectivity index (χ0) is 56.7. The van der Waals surface area contributed by atoms with Crippen molar-refractivity contribution in [2.24, 2.45) is 0 Å². The van der Waals surface area contributed by atoms with Gasteiger partial charge in [-0.15, -0.1) is 0 Å². The van der Waals surface area contributed by atoms with Crippen LogP contribution in [-0.2, 0) is 57.1 Å². The number of ether oxygens (including phenoxy) is 7. The van der Waals surface area contributed by atoms with Crippen molar-refractivity contribution in [3.63, 3.8) is 0 Å². The number of carbonyl (C=O) groups excluding carboxylic acids is 6. The quantitative estimate of drug-likeness (QED) is 0.0276. The predicted octanol–water partition coefficient (Wildman–Crippen LogP) is 10.2. The highest BCUT2D eigenvalue weighted by Crippen LogP contribution is 2.44. The van der Waals surface area contributed by atoms with Crippen LogP contribution in [0.25, 0.3) is 11.1 Å². The van der Waals surface area contributed by atoms with Crippen molar-refractivity contribution in [3.05, 3.63) is 59.7 Å². The molecule has 0 radical (unpaired) electrons. The first-order valence-electron chi connectivity index (χ1n) is 29.2. The fourth-order valence-corrected chi connectivity index (χ4v) is 8.95. The lowest BCUT2D eigenvalue weighted by atomic mass is 9.98. The van der Waals surface area contributed by atoms with Crippen LogP contribution in [0.15, 0.2) is 48.5 Å². The highest BCUT2D eigenvalue weighted by Gasteiger charge is 2.29. The van der Waals surface area contributed by atoms with Crippen molar-refractivity contribution in [1.82, 2.24) is 21.3 Å². The molecule has 0 spiro atoms. The van der Waals surface area contributed by atoms with Gasteiger partial charge in [0.1, 0.15) is 23.9 Å². The van der Waals surface area contributed by atoms with Crippen LogP contribution in [0.1, 0.15) is 193 Å². The van der Waals surface area contributed by atoms with Crippen molar-refractivity contribution in [1.29, 1.82) is 0 Å². The second-order valence-electron chi connectivity index (χ2n) is 22.1. The van der Waals surface area contributed by atoms with Gasteiger partial charge in [-0.25, -0.2) is 9.59 Å². The summed E-state index contributed by atoms with van der Waals surface area (Å²) in [5, 5.41) is 11.3. The van der Waals surface area contributed by atoms with E-state index in [9.17, 15) is 28.8 Å². The molecule has 1 aliphatic rings. The predicted molar refractivity (Wildman–Crippen MR) is 303 cm³/mol. The first kappa shape index (κ1) is 67.2. The van der Waals surface area contributed by atoms with Gasteiger partial charge in [-0.05, 0) is 95.9 Å². The molecule has 0 fully saturated rings. The molecule has 4 amide bonds. The van der Waals surface area contributed by atoms with Gasteiger partial charge in [0.15, 0.2) is 0 Å². The van der Waals surface area contributed by atoms with Gasteiger partial charge in [0, 0.05) is 51.2 Å². The number of alkyl carbamates (subject to hydrolysis) is 1. The number of rotatable bonds is 44. The van der Waals surface area contributed by atoms with Crippen molar-refractivity contribution < 1.29 is 61.9 Å². The van der Waals surface area contributed by atoms with E-state index >= 15 is 0 Å². The number of hydrogen-bond acceptors (Lipinski definition) is 13. The Morgan fingerprint density at radius 3 is 1.38 bits per heavy atom. The molecule has 0 aromatic heterocycles. The summed E-state index contributed by atoms with van der Waals surface area (Å²) in [4.78, 5) is 74.5. The van der Waals surface area contributed by atoms with Crippen LogP contribution in [0.5, 0.6) is 0 Å². The van der Waals surface area contributed by atoms with Crippen LogP contribution >= 0.6 is 0 Å². The number of nitrogens with one attached hydrogen (secondary N) is 4. The van der Waals surface area contributed by atoms with Crippen molar-refractivity contribution in [3.8, 4) is 11.1 Å². The number of hydrogen-bond donors (Lipinski definition) is 4. The van der Waals surface area contributed by atoms with E-state index in [-0.39, 0.29) is 62.3 Å². The molecular weight excluding hydrogens is 997 g/mol. The minimum Gasteiger partial charge on any atom is -0.460 e. The van der Waals surface area contributed by atoms with Gasteiger partial charge >= 0.3 is 18.0 Å². The first-order chi connectivity index (χ1) is 37.5. The molecule has 0 aliphatic heterocycles. The van der Waals surface area contributed by atoms with E-state index in [1.54, 1.807) is 20.8 Å². The van der Waals surface area contributed by atoms with Crippen LogP contribution in [0.4, 0.5) is 4.79 Å². The molecule has 0 bridgehead atoms. The molecule has 4 N–H and O–H groups in total. The van der Waals surface area contributed by atoms with Gasteiger partial charge in [0.05, 0.1) is 52.9 Å². The minimum absolute atomic E-state index is 0.00131. The molecule has 3 rings (SSSR count). The smallest absolute Gasteiger partial charge is 0.407 e. The number of fused-ring (bicyclic) bond motifs is 3. The maximum atomic E-state index is 13.0. The summed E-state index contributed by atoms with van der Waals surface area (Å²) < 4.78 is 38.6. The largest absolute Gasteiger partial charge is 0.460 e. The standard InChI is InChI=1S/C61H98N4O13/c1-60(2,3)77-57(69)33-20-18-16-14-12-10-8-7-9-11-13-15-17-19-32-56(68)65-53(58(70)78-61(4,5)6)31-25-26-36-62-54(66)34-39-72-43-45-74-41-37-63-55(67)35-40-73-44-46-75-42-38-64-59(71)76-47-52-50-29-23-21-27-48(50)49-28-22-24-30-51(49)52/h21-24,27-30,52-53H,7-20,25-26,31-47H2,1-6H3,(H,62,66)(H,63,67)(H,64,71)(H,65,68). The lowest BCUT2D eigenvalue weighted by Gasteiger charge is -2.24. The number of benzene rings is 2. The Kier molecular flexibility index (Phi) is 34.6. The Morgan fingerprint density at radius 2 is 0.885 bits per heavy atom. The number of esters is 2. The Morgan fingerprint density at radius 1 is 0.449 bits per heavy atom. The van der Waals surface area contributed by atoms with E-state index in [1.807, 2.05) is 45.0 Å². The van der Waals surface area contributed by atoms with E-state index in [0.717, 1.165) is 43.2 Å². The summed E-state index contributed by atoms with van der Waals surface area (Å²) in [5.41, 5.74) is 3.59. The molecule has 1 aliphatic carbocycles. The summed E-state index contributed by atoms with van der Waals surface area (Å²) in [7, 11) is 0. The average molecular weight is 1100 g/mol. The molecule has 78 heavy (non-hydrogen) atoms. The molecule has 440 valence electrons. The SMILES string of the molecule is CC(C)(C)OC(=O)CCCCCCCCCCCCCCCCC(=O)NC(CCCCNC(=O)CCOCCOCCNC(=O)CCOCCOCCNC(=O)OCC1c2ccccc2-c2ccccc21)C(=O)OC(C)(C)C. The van der Waals surface area contributed by atoms with Gasteiger partial charge in [-0.2, -0.15) is 0 Å². The summed E-state index contributed by atoms with van der Waals surface area (Å²) in [6.07, 6.45) is 18.4. The molecule has 0 heterocycles. The maximum Gasteiger partial charge on any atom is 0.407 e. The van der Waals surface area contributed by atoms with Crippen molar-refractivity contribution >= 4 is 35.8 Å². The van der Waals surface area contributed by atoms with E-state index in [4.69, 9.17) is 33.2 Å². The molecule has 2 aromatic carbocycles. The zero-order valence-electron chi connectivity index (χ0n) is 48.4. The maximum absolute atomic E-state index is 13.0. The Bertz CT molecular complexity index is 1970. The van der Waals surface area contributed by atoms with Gasteiger partial charge in [0.25, 0.3) is 0 Å². The molecule has 17 nitrogen and oxygen atoms in total. The summed E-state index contributed by atoms with van der Waals surface area (Å²) in [6, 6.07) is 15.6. The fraction of sp³-hybridized carbons (Fsp3) is 0.705. The highest BCUT2D eigenvalue weighted by atomic mass is 16.6. The van der Waals surface area contributed by atoms with Gasteiger partial charge in [-0.3, -0.25) is 19.2 Å². The van der Waals surface area contributed by atoms with Crippen molar-refractivity contribution in [2.45, 2.75) is 200 Å². The molecule has 1 atom stereocenters. The van der Waals surface area contributed by atoms with Crippen molar-refractivity contribution in [2.75, 3.05) is 79.1 Å². The number of carbonyl (C=O) groups is 6. The van der Waals surface area contributed by atoms with Gasteiger partial charge in [0.2, 0.25) is 17.7 Å². The number of amides is 4. The second-order valence-corrected chi connectivity index (χ2v) is 22.1. The van der Waals surface area contributed by atoms with Crippen LogP contribution in [0.3, 0.4) is 0 Å². The first-order valence-corrected chi connectivity index (χ1v) is 29.2. The molecule has 1 unspecified atom stereocenters. The third kappa shape index (κ3) is 32.7. The Hall–Kier alpha value is -5.10. The topological polar surface area (TPSA) is 215 Å². The third-order valence-corrected chi connectivity index (χ3v) is 12.8. The molecule has 0 saturated carbocycles. The summed E-state index contributed by atoms with van der Waals surface area (Å²) in [5.74, 6) is -0.976. The fourth-order valence-electron chi connectivity index (χ4n) is 8.95. The molecule has 2 aromatic rings. The normalized spacial score (nSPS) is 12.5. The minimum atomic E-state index is -0.741. The molecule has 17 heteroatoms. The lowest BCUT2D eigenvalue weighted by Crippen LogP contribution is -2.44. The highest BCUT2D eigenvalue weighted by molar-refractivity contribution is 5.84. The number of unbranched alkanes of at least 4 members (excludes halogenated alkanes) is 14.